The monoisotopic (exact) mass is 185 g/mol. The summed E-state index contributed by atoms with van der Waals surface area (Å²) in [6.07, 6.45) is 3.83. The standard InChI is InChI=1S/C10H19NO2/c1-8-12-10(13-8)7-9-3-5-11(2)6-4-9/h8-10H,3-7H2,1-2H3. The van der Waals surface area contributed by atoms with Crippen molar-refractivity contribution < 1.29 is 9.47 Å². The number of hydrogen-bond acceptors (Lipinski definition) is 3. The molecule has 2 fully saturated rings. The summed E-state index contributed by atoms with van der Waals surface area (Å²) < 4.78 is 10.9. The highest BCUT2D eigenvalue weighted by molar-refractivity contribution is 4.72. The fourth-order valence-electron chi connectivity index (χ4n) is 2.12. The predicted octanol–water partition coefficient (Wildman–Crippen LogP) is 1.44. The fourth-order valence-corrected chi connectivity index (χ4v) is 2.12. The van der Waals surface area contributed by atoms with E-state index in [1.54, 1.807) is 0 Å². The third-order valence-electron chi connectivity index (χ3n) is 3.05. The molecule has 0 aliphatic carbocycles. The largest absolute Gasteiger partial charge is 0.324 e. The van der Waals surface area contributed by atoms with Crippen LogP contribution in [0.4, 0.5) is 0 Å². The van der Waals surface area contributed by atoms with E-state index >= 15 is 0 Å². The van der Waals surface area contributed by atoms with Crippen LogP contribution in [0.1, 0.15) is 26.2 Å². The molecule has 13 heavy (non-hydrogen) atoms. The average Bonchev–Trinajstić information content (AvgIpc) is 2.06. The second-order valence-corrected chi connectivity index (χ2v) is 4.25. The highest BCUT2D eigenvalue weighted by atomic mass is 16.9. The van der Waals surface area contributed by atoms with Gasteiger partial charge in [0.05, 0.1) is 0 Å². The molecular weight excluding hydrogens is 166 g/mol. The van der Waals surface area contributed by atoms with Gasteiger partial charge in [-0.1, -0.05) is 0 Å². The average molecular weight is 185 g/mol. The highest BCUT2D eigenvalue weighted by Gasteiger charge is 2.30. The lowest BCUT2D eigenvalue weighted by atomic mass is 9.93. The highest BCUT2D eigenvalue weighted by Crippen LogP contribution is 2.27. The van der Waals surface area contributed by atoms with E-state index in [9.17, 15) is 0 Å². The van der Waals surface area contributed by atoms with Crippen molar-refractivity contribution in [1.29, 1.82) is 0 Å². The molecule has 0 saturated carbocycles. The lowest BCUT2D eigenvalue weighted by molar-refractivity contribution is -0.380. The van der Waals surface area contributed by atoms with Crippen LogP contribution in [-0.4, -0.2) is 37.6 Å². The summed E-state index contributed by atoms with van der Waals surface area (Å²) in [4.78, 5) is 2.39. The van der Waals surface area contributed by atoms with E-state index in [0.29, 0.717) is 0 Å². The SMILES string of the molecule is CC1OC(CC2CCN(C)CC2)O1. The van der Waals surface area contributed by atoms with Crippen LogP contribution >= 0.6 is 0 Å². The minimum absolute atomic E-state index is 0.0382. The molecular formula is C10H19NO2. The summed E-state index contributed by atoms with van der Waals surface area (Å²) in [7, 11) is 2.19. The van der Waals surface area contributed by atoms with Gasteiger partial charge >= 0.3 is 0 Å². The van der Waals surface area contributed by atoms with Gasteiger partial charge in [0, 0.05) is 6.42 Å². The normalized spacial score (nSPS) is 37.4. The Hall–Kier alpha value is -0.120. The van der Waals surface area contributed by atoms with Gasteiger partial charge < -0.3 is 14.4 Å². The van der Waals surface area contributed by atoms with Crippen LogP contribution < -0.4 is 0 Å². The first-order valence-electron chi connectivity index (χ1n) is 5.23. The molecule has 0 N–H and O–H groups in total. The molecule has 0 atom stereocenters. The van der Waals surface area contributed by atoms with Crippen LogP contribution in [0.3, 0.4) is 0 Å². The first-order chi connectivity index (χ1) is 6.24. The van der Waals surface area contributed by atoms with Gasteiger partial charge in [0.2, 0.25) is 0 Å². The van der Waals surface area contributed by atoms with Gasteiger partial charge in [-0.15, -0.1) is 0 Å². The minimum Gasteiger partial charge on any atom is -0.324 e. The lowest BCUT2D eigenvalue weighted by Gasteiger charge is -2.37. The van der Waals surface area contributed by atoms with Gasteiger partial charge in [0.15, 0.2) is 12.6 Å². The number of likely N-dealkylation sites (tertiary alicyclic amines) is 1. The Labute approximate surface area is 80.0 Å². The van der Waals surface area contributed by atoms with E-state index in [2.05, 4.69) is 11.9 Å². The van der Waals surface area contributed by atoms with Crippen LogP contribution in [-0.2, 0) is 9.47 Å². The maximum Gasteiger partial charge on any atom is 0.164 e. The molecule has 0 spiro atoms. The van der Waals surface area contributed by atoms with Gasteiger partial charge in [-0.25, -0.2) is 0 Å². The quantitative estimate of drug-likeness (QED) is 0.649. The molecule has 0 unspecified atom stereocenters. The molecule has 0 aromatic rings. The topological polar surface area (TPSA) is 21.7 Å². The molecule has 0 bridgehead atoms. The molecule has 2 aliphatic heterocycles. The Balaban J connectivity index is 1.65. The maximum absolute atomic E-state index is 5.43. The summed E-state index contributed by atoms with van der Waals surface area (Å²) >= 11 is 0. The van der Waals surface area contributed by atoms with Crippen molar-refractivity contribution >= 4 is 0 Å². The molecule has 0 radical (unpaired) electrons. The first kappa shape index (κ1) is 9.44. The van der Waals surface area contributed by atoms with Crippen LogP contribution in [0.2, 0.25) is 0 Å². The van der Waals surface area contributed by atoms with Crippen molar-refractivity contribution in [2.24, 2.45) is 5.92 Å². The zero-order valence-corrected chi connectivity index (χ0v) is 8.53. The summed E-state index contributed by atoms with van der Waals surface area (Å²) in [5, 5.41) is 0. The summed E-state index contributed by atoms with van der Waals surface area (Å²) in [6, 6.07) is 0. The third-order valence-corrected chi connectivity index (χ3v) is 3.05. The molecule has 2 saturated heterocycles. The maximum atomic E-state index is 5.43. The molecule has 2 rings (SSSR count). The molecule has 76 valence electrons. The molecule has 2 aliphatic rings. The predicted molar refractivity (Wildman–Crippen MR) is 50.3 cm³/mol. The smallest absolute Gasteiger partial charge is 0.164 e. The van der Waals surface area contributed by atoms with E-state index in [1.165, 1.54) is 25.9 Å². The summed E-state index contributed by atoms with van der Waals surface area (Å²) in [6.45, 7) is 4.41. The van der Waals surface area contributed by atoms with Gasteiger partial charge in [0.1, 0.15) is 0 Å². The van der Waals surface area contributed by atoms with Crippen LogP contribution in [0.25, 0.3) is 0 Å². The van der Waals surface area contributed by atoms with E-state index < -0.39 is 0 Å². The minimum atomic E-state index is 0.0382. The summed E-state index contributed by atoms with van der Waals surface area (Å²) in [5.41, 5.74) is 0. The Kier molecular flexibility index (Phi) is 2.86. The van der Waals surface area contributed by atoms with E-state index in [-0.39, 0.29) is 12.6 Å². The van der Waals surface area contributed by atoms with Crippen LogP contribution in [0, 0.1) is 5.92 Å². The Morgan fingerprint density at radius 1 is 1.23 bits per heavy atom. The van der Waals surface area contributed by atoms with E-state index in [0.717, 1.165) is 12.3 Å². The van der Waals surface area contributed by atoms with Gasteiger partial charge in [0.25, 0.3) is 0 Å². The Morgan fingerprint density at radius 3 is 2.38 bits per heavy atom. The molecule has 3 nitrogen and oxygen atoms in total. The molecule has 0 amide bonds. The number of ether oxygens (including phenoxy) is 2. The second-order valence-electron chi connectivity index (χ2n) is 4.25. The molecule has 0 aromatic carbocycles. The van der Waals surface area contributed by atoms with Crippen LogP contribution in [0.15, 0.2) is 0 Å². The molecule has 0 aromatic heterocycles. The summed E-state index contributed by atoms with van der Waals surface area (Å²) in [5.74, 6) is 0.814. The van der Waals surface area contributed by atoms with Crippen molar-refractivity contribution in [3.05, 3.63) is 0 Å². The third kappa shape index (κ3) is 2.42. The molecule has 3 heteroatoms. The van der Waals surface area contributed by atoms with Crippen molar-refractivity contribution in [3.63, 3.8) is 0 Å². The fraction of sp³-hybridized carbons (Fsp3) is 1.00. The number of piperidine rings is 1. The van der Waals surface area contributed by atoms with Crippen molar-refractivity contribution in [3.8, 4) is 0 Å². The number of nitrogens with zero attached hydrogens (tertiary/aromatic N) is 1. The van der Waals surface area contributed by atoms with Crippen molar-refractivity contribution in [2.75, 3.05) is 20.1 Å². The Morgan fingerprint density at radius 2 is 1.85 bits per heavy atom. The van der Waals surface area contributed by atoms with E-state index in [4.69, 9.17) is 9.47 Å². The zero-order chi connectivity index (χ0) is 9.26. The van der Waals surface area contributed by atoms with Gasteiger partial charge in [-0.2, -0.15) is 0 Å². The van der Waals surface area contributed by atoms with Crippen LogP contribution in [0.5, 0.6) is 0 Å². The number of hydrogen-bond donors (Lipinski definition) is 0. The van der Waals surface area contributed by atoms with E-state index in [1.807, 2.05) is 6.92 Å². The molecule has 2 heterocycles. The second kappa shape index (κ2) is 3.95. The lowest BCUT2D eigenvalue weighted by Crippen LogP contribution is -2.41. The van der Waals surface area contributed by atoms with Crippen molar-refractivity contribution in [2.45, 2.75) is 38.8 Å². The first-order valence-corrected chi connectivity index (χ1v) is 5.23. The van der Waals surface area contributed by atoms with Gasteiger partial charge in [-0.3, -0.25) is 0 Å². The van der Waals surface area contributed by atoms with Gasteiger partial charge in [-0.05, 0) is 45.8 Å². The Bertz CT molecular complexity index is 160. The van der Waals surface area contributed by atoms with Crippen molar-refractivity contribution in [1.82, 2.24) is 4.90 Å². The zero-order valence-electron chi connectivity index (χ0n) is 8.53. The number of rotatable bonds is 2.